The molecule has 130 valence electrons. The molecule has 2 nitrogen and oxygen atoms in total. The first-order valence-electron chi connectivity index (χ1n) is 10.3. The monoisotopic (exact) mass is 356 g/mol. The van der Waals surface area contributed by atoms with Gasteiger partial charge in [0.05, 0.1) is 0 Å². The molecule has 0 amide bonds. The Hall–Kier alpha value is 0.439. The van der Waals surface area contributed by atoms with Crippen molar-refractivity contribution < 1.29 is 6.51 Å². The first kappa shape index (κ1) is 11.2. The van der Waals surface area contributed by atoms with Crippen LogP contribution in [0.2, 0.25) is 47.2 Å². The fourth-order valence-electron chi connectivity index (χ4n) is 20.9. The predicted octanol–water partition coefficient (Wildman–Crippen LogP) is 4.80. The Balaban J connectivity index is 1.40. The molecule has 10 rings (SSSR count). The van der Waals surface area contributed by atoms with Crippen LogP contribution in [0, 0.1) is 0 Å². The molecule has 3 heteroatoms. The molecule has 0 aromatic rings. The molecule has 0 radical (unpaired) electrons. The first-order chi connectivity index (χ1) is 10.7. The van der Waals surface area contributed by atoms with Crippen LogP contribution < -0.4 is 0 Å². The molecule has 0 saturated carbocycles. The van der Waals surface area contributed by atoms with Gasteiger partial charge in [0.2, 0.25) is 0 Å². The normalized spacial score (nSPS) is 97.9. The van der Waals surface area contributed by atoms with Crippen molar-refractivity contribution in [1.29, 1.82) is 0 Å². The summed E-state index contributed by atoms with van der Waals surface area (Å²) in [4.78, 5) is 16.8. The molecule has 23 heavy (non-hydrogen) atoms. The van der Waals surface area contributed by atoms with Crippen LogP contribution in [-0.4, -0.2) is 50.1 Å². The van der Waals surface area contributed by atoms with Crippen molar-refractivity contribution in [3.05, 3.63) is 0 Å². The molecule has 0 N–H and O–H groups in total. The molecule has 10 aliphatic heterocycles. The molecular weight excluding hydrogens is 324 g/mol. The Morgan fingerprint density at radius 1 is 0.696 bits per heavy atom. The maximum atomic E-state index is 2.71. The third-order valence-electron chi connectivity index (χ3n) is 18.1. The van der Waals surface area contributed by atoms with Crippen molar-refractivity contribution in [2.75, 3.05) is 28.2 Å². The van der Waals surface area contributed by atoms with E-state index in [-0.39, 0.29) is 0 Å². The van der Waals surface area contributed by atoms with Gasteiger partial charge in [0.25, 0.3) is 0 Å². The molecule has 10 heterocycles. The summed E-state index contributed by atoms with van der Waals surface area (Å²) in [7, 11) is 9.71. The first-order valence-corrected chi connectivity index (χ1v) is 16.5. The van der Waals surface area contributed by atoms with Crippen molar-refractivity contribution in [3.63, 3.8) is 0 Å². The van der Waals surface area contributed by atoms with Gasteiger partial charge in [0.1, 0.15) is 0 Å². The van der Waals surface area contributed by atoms with Crippen molar-refractivity contribution >= 4 is 0 Å². The zero-order chi connectivity index (χ0) is 15.7. The van der Waals surface area contributed by atoms with E-state index < -0.39 is 6.51 Å². The van der Waals surface area contributed by atoms with E-state index in [9.17, 15) is 0 Å². The van der Waals surface area contributed by atoms with Crippen LogP contribution in [0.5, 0.6) is 0 Å². The Bertz CT molecular complexity index is 1030. The molecule has 10 aliphatic rings. The second-order valence-electron chi connectivity index (χ2n) is 13.7. The van der Waals surface area contributed by atoms with Crippen molar-refractivity contribution in [2.45, 2.75) is 85.9 Å². The van der Waals surface area contributed by atoms with Crippen LogP contribution in [0.25, 0.3) is 0 Å². The van der Waals surface area contributed by atoms with Crippen LogP contribution >= 0.6 is 0 Å². The maximum absolute atomic E-state index is 3.24. The van der Waals surface area contributed by atoms with Crippen LogP contribution in [0.4, 0.5) is 0 Å². The summed E-state index contributed by atoms with van der Waals surface area (Å²) in [6.07, 6.45) is 2.89. The molecule has 1 spiro atoms. The van der Waals surface area contributed by atoms with Crippen molar-refractivity contribution in [2.24, 2.45) is 0 Å². The summed E-state index contributed by atoms with van der Waals surface area (Å²) in [5.41, 5.74) is 0. The molecule has 10 atom stereocenters. The molecule has 10 saturated heterocycles. The molecule has 10 unspecified atom stereocenters. The number of rotatable bonds is 6. The third kappa shape index (κ3) is 0.149. The fraction of sp³-hybridized carbons (Fsp3) is 1.00. The average Bonchev–Trinajstić information content (AvgIpc) is 3.42. The van der Waals surface area contributed by atoms with Gasteiger partial charge < -0.3 is 0 Å². The van der Waals surface area contributed by atoms with Gasteiger partial charge in [0.15, 0.2) is 0 Å². The van der Waals surface area contributed by atoms with Crippen LogP contribution in [0.3, 0.4) is 0 Å². The summed E-state index contributed by atoms with van der Waals surface area (Å²) in [5.74, 6) is 0. The standard InChI is InChI=1S/2C10H16N.Fe/c2*1-4-10(11(2)3)9-7-5-6-8-9;/h2*5-8,10H,4H2,1-3H3;. The summed E-state index contributed by atoms with van der Waals surface area (Å²) in [6.45, 7) is 1.80. The fourth-order valence-corrected chi connectivity index (χ4v) is 99.4. The topological polar surface area (TPSA) is 6.48 Å². The Labute approximate surface area is 130 Å². The second-order valence-corrected chi connectivity index (χ2v) is 37.0. The van der Waals surface area contributed by atoms with E-state index in [0.29, 0.717) is 0 Å². The second kappa shape index (κ2) is 1.13. The SMILES string of the molecule is CCC(N(C)C)[C]12[CH]3[CH]4[CH]5[CH]1[Fe]45321678[CH]2[CH]1[CH]6[C]7(C(CC)N(C)C)[CH]28. The molecule has 10 fully saturated rings. The molecule has 0 aliphatic carbocycles. The van der Waals surface area contributed by atoms with E-state index in [1.807, 2.05) is 0 Å². The summed E-state index contributed by atoms with van der Waals surface area (Å²) in [5, 5.41) is 0. The quantitative estimate of drug-likeness (QED) is 0.631. The zero-order valence-electron chi connectivity index (χ0n) is 15.4. The van der Waals surface area contributed by atoms with Crippen LogP contribution in [0.15, 0.2) is 0 Å². The van der Waals surface area contributed by atoms with Gasteiger partial charge in [0, 0.05) is 0 Å². The predicted molar refractivity (Wildman–Crippen MR) is 90.9 cm³/mol. The number of nitrogens with zero attached hydrogens (tertiary/aromatic N) is 2. The molecular formula is C20H32FeN2. The minimum absolute atomic E-state index is 0.980. The van der Waals surface area contributed by atoms with Crippen molar-refractivity contribution in [3.8, 4) is 0 Å². The number of fused-ring (bicyclic) bond motifs is 10. The van der Waals surface area contributed by atoms with Crippen LogP contribution in [0.1, 0.15) is 26.7 Å². The Morgan fingerprint density at radius 3 is 1.17 bits per heavy atom. The van der Waals surface area contributed by atoms with Gasteiger partial charge in [-0.05, 0) is 0 Å². The van der Waals surface area contributed by atoms with Crippen LogP contribution in [-0.2, 0) is 6.51 Å². The van der Waals surface area contributed by atoms with Gasteiger partial charge in [-0.15, -0.1) is 0 Å². The summed E-state index contributed by atoms with van der Waals surface area (Å²) in [6, 6.07) is 1.96. The van der Waals surface area contributed by atoms with E-state index in [0.717, 1.165) is 20.7 Å². The van der Waals surface area contributed by atoms with E-state index in [4.69, 9.17) is 0 Å². The Morgan fingerprint density at radius 2 is 1.00 bits per heavy atom. The number of hydrogen-bond donors (Lipinski definition) is 0. The van der Waals surface area contributed by atoms with Gasteiger partial charge in [-0.2, -0.15) is 0 Å². The minimum atomic E-state index is -3.24. The van der Waals surface area contributed by atoms with E-state index in [1.54, 1.807) is 0 Å². The molecule has 0 aromatic heterocycles. The summed E-state index contributed by atoms with van der Waals surface area (Å²) < 4.78 is 2.02. The van der Waals surface area contributed by atoms with E-state index in [2.05, 4.69) is 51.8 Å². The van der Waals surface area contributed by atoms with E-state index >= 15 is 0 Å². The third-order valence-corrected chi connectivity index (χ3v) is 61.5. The van der Waals surface area contributed by atoms with Gasteiger partial charge in [-0.3, -0.25) is 0 Å². The molecule has 0 bridgehead atoms. The Kier molecular flexibility index (Phi) is 0.552. The average molecular weight is 356 g/mol. The summed E-state index contributed by atoms with van der Waals surface area (Å²) >= 11 is 0. The van der Waals surface area contributed by atoms with Crippen molar-refractivity contribution in [1.82, 2.24) is 9.80 Å². The van der Waals surface area contributed by atoms with Gasteiger partial charge in [-0.25, -0.2) is 0 Å². The zero-order valence-corrected chi connectivity index (χ0v) is 16.5. The molecule has 0 aromatic carbocycles. The van der Waals surface area contributed by atoms with E-state index in [1.165, 1.54) is 51.4 Å². The number of hydrogen-bond acceptors (Lipinski definition) is 2. The van der Waals surface area contributed by atoms with Gasteiger partial charge >= 0.3 is 130 Å². The van der Waals surface area contributed by atoms with Gasteiger partial charge in [-0.1, -0.05) is 0 Å².